The highest BCUT2D eigenvalue weighted by molar-refractivity contribution is 6.50. The maximum atomic E-state index is 5.43. The largest absolute Gasteiger partial charge is 0.409 e. The molecular weight excluding hydrogens is 154 g/mol. The lowest BCUT2D eigenvalue weighted by Gasteiger charge is -2.19. The van der Waals surface area contributed by atoms with E-state index < -0.39 is 9.20 Å². The molecule has 0 saturated heterocycles. The third-order valence-corrected chi connectivity index (χ3v) is 4.71. The Hall–Kier alpha value is 0.137. The highest BCUT2D eigenvalue weighted by Crippen LogP contribution is 2.11. The molecule has 68 valence electrons. The van der Waals surface area contributed by atoms with Gasteiger partial charge in [-0.3, -0.25) is 0 Å². The fraction of sp³-hybridized carbons (Fsp3) is 1.00. The van der Waals surface area contributed by atoms with Crippen LogP contribution in [0.25, 0.3) is 0 Å². The van der Waals surface area contributed by atoms with E-state index in [2.05, 4.69) is 25.8 Å². The van der Waals surface area contributed by atoms with Crippen molar-refractivity contribution < 1.29 is 4.43 Å². The zero-order valence-corrected chi connectivity index (χ0v) is 9.34. The van der Waals surface area contributed by atoms with E-state index in [1.807, 2.05) is 7.11 Å². The SMILES string of the molecule is CCCN[SiH](OC)C(C)CC. The van der Waals surface area contributed by atoms with Crippen molar-refractivity contribution in [1.82, 2.24) is 4.98 Å². The fourth-order valence-corrected chi connectivity index (χ4v) is 3.05. The second-order valence-corrected chi connectivity index (χ2v) is 5.85. The lowest BCUT2D eigenvalue weighted by Crippen LogP contribution is -2.39. The summed E-state index contributed by atoms with van der Waals surface area (Å²) < 4.78 is 5.43. The van der Waals surface area contributed by atoms with Crippen LogP contribution >= 0.6 is 0 Å². The minimum Gasteiger partial charge on any atom is -0.409 e. The van der Waals surface area contributed by atoms with E-state index in [0.717, 1.165) is 12.1 Å². The molecular formula is C8H21NOSi. The van der Waals surface area contributed by atoms with E-state index >= 15 is 0 Å². The van der Waals surface area contributed by atoms with Gasteiger partial charge >= 0.3 is 0 Å². The summed E-state index contributed by atoms with van der Waals surface area (Å²) in [6, 6.07) is 0. The van der Waals surface area contributed by atoms with Crippen LogP contribution in [0.4, 0.5) is 0 Å². The molecule has 0 aromatic carbocycles. The molecule has 0 bridgehead atoms. The van der Waals surface area contributed by atoms with Crippen molar-refractivity contribution in [3.63, 3.8) is 0 Å². The molecule has 11 heavy (non-hydrogen) atoms. The lowest BCUT2D eigenvalue weighted by atomic mass is 10.4. The Morgan fingerprint density at radius 3 is 2.45 bits per heavy atom. The highest BCUT2D eigenvalue weighted by atomic mass is 28.3. The smallest absolute Gasteiger partial charge is 0.254 e. The van der Waals surface area contributed by atoms with E-state index in [0.29, 0.717) is 0 Å². The van der Waals surface area contributed by atoms with Gasteiger partial charge in [0.05, 0.1) is 0 Å². The predicted octanol–water partition coefficient (Wildman–Crippen LogP) is 1.65. The monoisotopic (exact) mass is 175 g/mol. The van der Waals surface area contributed by atoms with Gasteiger partial charge < -0.3 is 9.41 Å². The molecule has 0 amide bonds. The molecule has 0 fully saturated rings. The highest BCUT2D eigenvalue weighted by Gasteiger charge is 2.16. The van der Waals surface area contributed by atoms with Crippen molar-refractivity contribution in [3.8, 4) is 0 Å². The third-order valence-electron chi connectivity index (χ3n) is 2.01. The van der Waals surface area contributed by atoms with Crippen LogP contribution < -0.4 is 4.98 Å². The van der Waals surface area contributed by atoms with Crippen LogP contribution in [0, 0.1) is 0 Å². The molecule has 0 aliphatic heterocycles. The molecule has 0 heterocycles. The molecule has 1 N–H and O–H groups in total. The summed E-state index contributed by atoms with van der Waals surface area (Å²) in [6.07, 6.45) is 2.42. The van der Waals surface area contributed by atoms with E-state index in [1.165, 1.54) is 12.8 Å². The lowest BCUT2D eigenvalue weighted by molar-refractivity contribution is 0.393. The summed E-state index contributed by atoms with van der Waals surface area (Å²) in [5.74, 6) is 0. The second-order valence-electron chi connectivity index (χ2n) is 3.00. The summed E-state index contributed by atoms with van der Waals surface area (Å²) in [7, 11) is 0.750. The van der Waals surface area contributed by atoms with Gasteiger partial charge in [-0.05, 0) is 18.5 Å². The Morgan fingerprint density at radius 1 is 1.45 bits per heavy atom. The zero-order valence-electron chi connectivity index (χ0n) is 8.18. The van der Waals surface area contributed by atoms with Crippen LogP contribution in [0.5, 0.6) is 0 Å². The summed E-state index contributed by atoms with van der Waals surface area (Å²) in [5, 5.41) is 0. The van der Waals surface area contributed by atoms with Gasteiger partial charge in [-0.1, -0.05) is 27.2 Å². The van der Waals surface area contributed by atoms with Gasteiger partial charge in [0.15, 0.2) is 0 Å². The molecule has 0 spiro atoms. The van der Waals surface area contributed by atoms with Crippen molar-refractivity contribution in [2.24, 2.45) is 0 Å². The van der Waals surface area contributed by atoms with Gasteiger partial charge in [-0.25, -0.2) is 0 Å². The molecule has 0 aliphatic rings. The normalized spacial score (nSPS) is 16.4. The summed E-state index contributed by atoms with van der Waals surface area (Å²) >= 11 is 0. The predicted molar refractivity (Wildman–Crippen MR) is 52.2 cm³/mol. The Balaban J connectivity index is 3.56. The molecule has 0 aliphatic carbocycles. The number of rotatable bonds is 6. The minimum atomic E-state index is -1.07. The molecule has 0 aromatic heterocycles. The summed E-state index contributed by atoms with van der Waals surface area (Å²) in [4.78, 5) is 3.49. The van der Waals surface area contributed by atoms with Gasteiger partial charge in [0.1, 0.15) is 0 Å². The van der Waals surface area contributed by atoms with Crippen molar-refractivity contribution in [1.29, 1.82) is 0 Å². The molecule has 2 atom stereocenters. The van der Waals surface area contributed by atoms with Crippen LogP contribution in [-0.2, 0) is 4.43 Å². The first-order valence-corrected chi connectivity index (χ1v) is 6.23. The van der Waals surface area contributed by atoms with Crippen LogP contribution in [-0.4, -0.2) is 22.9 Å². The van der Waals surface area contributed by atoms with Crippen molar-refractivity contribution in [2.45, 2.75) is 39.2 Å². The van der Waals surface area contributed by atoms with Crippen molar-refractivity contribution in [3.05, 3.63) is 0 Å². The maximum absolute atomic E-state index is 5.43. The molecule has 0 aromatic rings. The van der Waals surface area contributed by atoms with Gasteiger partial charge in [0.25, 0.3) is 9.20 Å². The Labute approximate surface area is 72.1 Å². The Kier molecular flexibility index (Phi) is 6.91. The van der Waals surface area contributed by atoms with Crippen LogP contribution in [0.1, 0.15) is 33.6 Å². The number of nitrogens with one attached hydrogen (secondary N) is 1. The van der Waals surface area contributed by atoms with Gasteiger partial charge in [-0.15, -0.1) is 0 Å². The fourth-order valence-electron chi connectivity index (χ4n) is 1.02. The van der Waals surface area contributed by atoms with E-state index in [9.17, 15) is 0 Å². The Morgan fingerprint density at radius 2 is 2.09 bits per heavy atom. The van der Waals surface area contributed by atoms with Gasteiger partial charge in [-0.2, -0.15) is 0 Å². The Bertz CT molecular complexity index is 90.2. The quantitative estimate of drug-likeness (QED) is 0.620. The maximum Gasteiger partial charge on any atom is 0.254 e. The molecule has 0 rings (SSSR count). The van der Waals surface area contributed by atoms with Crippen LogP contribution in [0.3, 0.4) is 0 Å². The molecule has 2 nitrogen and oxygen atoms in total. The molecule has 0 radical (unpaired) electrons. The topological polar surface area (TPSA) is 21.3 Å². The number of hydrogen-bond donors (Lipinski definition) is 1. The first-order valence-electron chi connectivity index (χ1n) is 4.52. The van der Waals surface area contributed by atoms with Crippen molar-refractivity contribution >= 4 is 9.20 Å². The van der Waals surface area contributed by atoms with Gasteiger partial charge in [0.2, 0.25) is 0 Å². The third kappa shape index (κ3) is 4.56. The first-order chi connectivity index (χ1) is 5.26. The summed E-state index contributed by atoms with van der Waals surface area (Å²) in [5.41, 5.74) is 0.742. The van der Waals surface area contributed by atoms with Crippen LogP contribution in [0.15, 0.2) is 0 Å². The van der Waals surface area contributed by atoms with Crippen molar-refractivity contribution in [2.75, 3.05) is 13.7 Å². The molecule has 3 heteroatoms. The van der Waals surface area contributed by atoms with E-state index in [-0.39, 0.29) is 0 Å². The summed E-state index contributed by atoms with van der Waals surface area (Å²) in [6.45, 7) is 7.78. The molecule has 0 saturated carbocycles. The first kappa shape index (κ1) is 11.1. The minimum absolute atomic E-state index is 0.742. The second kappa shape index (κ2) is 6.82. The van der Waals surface area contributed by atoms with Crippen LogP contribution in [0.2, 0.25) is 5.54 Å². The van der Waals surface area contributed by atoms with Gasteiger partial charge in [0, 0.05) is 7.11 Å². The number of hydrogen-bond acceptors (Lipinski definition) is 2. The zero-order chi connectivity index (χ0) is 8.69. The molecule has 2 unspecified atom stereocenters. The average molecular weight is 175 g/mol. The van der Waals surface area contributed by atoms with E-state index in [4.69, 9.17) is 4.43 Å². The average Bonchev–Trinajstić information content (AvgIpc) is 2.05. The standard InChI is InChI=1S/C8H21NOSi/c1-5-7-9-11(10-4)8(3)6-2/h8-9,11H,5-7H2,1-4H3. The van der Waals surface area contributed by atoms with E-state index in [1.54, 1.807) is 0 Å².